The Morgan fingerprint density at radius 2 is 0.867 bits per heavy atom. The molecule has 0 aromatic rings. The molecule has 30 heavy (non-hydrogen) atoms. The van der Waals surface area contributed by atoms with E-state index in [1.165, 1.54) is 109 Å². The van der Waals surface area contributed by atoms with Crippen LogP contribution in [0.4, 0.5) is 0 Å². The number of hydrogen-bond donors (Lipinski definition) is 2. The second-order valence-corrected chi connectivity index (χ2v) is 9.06. The van der Waals surface area contributed by atoms with Crippen LogP contribution in [0.3, 0.4) is 0 Å². The van der Waals surface area contributed by atoms with E-state index in [-0.39, 0.29) is 0 Å². The number of allylic oxidation sites excluding steroid dienone is 1. The van der Waals surface area contributed by atoms with Crippen LogP contribution in [-0.2, 0) is 0 Å². The van der Waals surface area contributed by atoms with Gasteiger partial charge in [-0.25, -0.2) is 0 Å². The van der Waals surface area contributed by atoms with Gasteiger partial charge in [-0.1, -0.05) is 130 Å². The van der Waals surface area contributed by atoms with Crippen molar-refractivity contribution in [2.24, 2.45) is 0 Å². The van der Waals surface area contributed by atoms with Crippen LogP contribution in [0.2, 0.25) is 0 Å². The zero-order valence-electron chi connectivity index (χ0n) is 20.8. The maximum Gasteiger partial charge on any atom is 0.128 e. The van der Waals surface area contributed by atoms with Crippen LogP contribution in [-0.4, -0.2) is 27.6 Å². The van der Waals surface area contributed by atoms with Crippen LogP contribution in [0.25, 0.3) is 0 Å². The maximum absolute atomic E-state index is 9.99. The van der Waals surface area contributed by atoms with Crippen LogP contribution in [0.5, 0.6) is 0 Å². The van der Waals surface area contributed by atoms with Crippen LogP contribution >= 0.6 is 0 Å². The minimum Gasteiger partial charge on any atom is -0.374 e. The van der Waals surface area contributed by atoms with Crippen LogP contribution in [0, 0.1) is 0 Å². The molecule has 0 saturated heterocycles. The lowest BCUT2D eigenvalue weighted by molar-refractivity contribution is -0.0725. The normalized spacial score (nSPS) is 13.8. The molecule has 2 N–H and O–H groups in total. The van der Waals surface area contributed by atoms with E-state index in [1.54, 1.807) is 4.90 Å². The van der Waals surface area contributed by atoms with Gasteiger partial charge in [0, 0.05) is 6.20 Å². The van der Waals surface area contributed by atoms with Gasteiger partial charge in [0.15, 0.2) is 0 Å². The van der Waals surface area contributed by atoms with E-state index in [0.717, 1.165) is 6.42 Å². The third-order valence-corrected chi connectivity index (χ3v) is 6.17. The summed E-state index contributed by atoms with van der Waals surface area (Å²) in [5, 5.41) is 20.0. The first kappa shape index (κ1) is 29.5. The van der Waals surface area contributed by atoms with Gasteiger partial charge in [-0.2, -0.15) is 0 Å². The van der Waals surface area contributed by atoms with Gasteiger partial charge in [-0.3, -0.25) is 0 Å². The fourth-order valence-corrected chi connectivity index (χ4v) is 4.00. The average molecular weight is 426 g/mol. The molecule has 0 aliphatic heterocycles. The Balaban J connectivity index is 3.38. The summed E-state index contributed by atoms with van der Waals surface area (Å²) in [7, 11) is 0. The molecule has 0 fully saturated rings. The molecule has 0 rings (SSSR count). The highest BCUT2D eigenvalue weighted by molar-refractivity contribution is 4.85. The van der Waals surface area contributed by atoms with Gasteiger partial charge < -0.3 is 15.1 Å². The van der Waals surface area contributed by atoms with Crippen molar-refractivity contribution < 1.29 is 10.2 Å². The summed E-state index contributed by atoms with van der Waals surface area (Å²) >= 11 is 0. The van der Waals surface area contributed by atoms with Crippen LogP contribution in [0.1, 0.15) is 149 Å². The van der Waals surface area contributed by atoms with Gasteiger partial charge in [0.05, 0.1) is 0 Å². The second-order valence-electron chi connectivity index (χ2n) is 9.06. The molecule has 0 spiro atoms. The zero-order chi connectivity index (χ0) is 22.3. The quantitative estimate of drug-likeness (QED) is 0.128. The molecule has 2 unspecified atom stereocenters. The number of aliphatic hydroxyl groups is 2. The molecule has 0 aliphatic carbocycles. The van der Waals surface area contributed by atoms with E-state index >= 15 is 0 Å². The molecule has 0 amide bonds. The largest absolute Gasteiger partial charge is 0.374 e. The molecule has 0 saturated carbocycles. The van der Waals surface area contributed by atoms with Crippen molar-refractivity contribution in [1.82, 2.24) is 4.90 Å². The van der Waals surface area contributed by atoms with Gasteiger partial charge in [-0.15, -0.1) is 0 Å². The molecule has 2 atom stereocenters. The van der Waals surface area contributed by atoms with Crippen molar-refractivity contribution in [2.75, 3.05) is 0 Å². The Labute approximate surface area is 189 Å². The van der Waals surface area contributed by atoms with Crippen molar-refractivity contribution in [1.29, 1.82) is 0 Å². The standard InChI is InChI=1S/C27H55NO2/c1-4-7-8-9-10-11-12-13-14-15-16-17-18-19-20-21-22-23-24-25-28(26(29)5-2)27(30)6-3/h24-27,29-30H,4-23H2,1-3H3. The smallest absolute Gasteiger partial charge is 0.128 e. The van der Waals surface area contributed by atoms with E-state index < -0.39 is 12.5 Å². The fourth-order valence-electron chi connectivity index (χ4n) is 4.00. The Morgan fingerprint density at radius 1 is 0.533 bits per heavy atom. The molecule has 3 heteroatoms. The number of aliphatic hydroxyl groups excluding tert-OH is 2. The van der Waals surface area contributed by atoms with Crippen molar-refractivity contribution in [2.45, 2.75) is 162 Å². The van der Waals surface area contributed by atoms with E-state index in [4.69, 9.17) is 0 Å². The Kier molecular flexibility index (Phi) is 22.7. The number of unbranched alkanes of at least 4 members (excludes halogenated alkanes) is 17. The molecule has 0 bridgehead atoms. The van der Waals surface area contributed by atoms with Gasteiger partial charge in [0.1, 0.15) is 12.5 Å². The molecule has 0 aliphatic rings. The van der Waals surface area contributed by atoms with E-state index in [0.29, 0.717) is 12.8 Å². The first-order valence-electron chi connectivity index (χ1n) is 13.5. The monoisotopic (exact) mass is 425 g/mol. The Bertz CT molecular complexity index is 349. The summed E-state index contributed by atoms with van der Waals surface area (Å²) in [6.07, 6.45) is 28.9. The third kappa shape index (κ3) is 18.2. The van der Waals surface area contributed by atoms with Crippen molar-refractivity contribution in [3.8, 4) is 0 Å². The number of nitrogens with zero attached hydrogens (tertiary/aromatic N) is 1. The molecule has 0 heterocycles. The SMILES string of the molecule is CCCCCCCCCCCCCCCCCCCC=CN(C(O)CC)C(O)CC. The lowest BCUT2D eigenvalue weighted by atomic mass is 10.0. The predicted molar refractivity (Wildman–Crippen MR) is 132 cm³/mol. The zero-order valence-corrected chi connectivity index (χ0v) is 20.8. The fraction of sp³-hybridized carbons (Fsp3) is 0.926. The minimum atomic E-state index is -0.591. The summed E-state index contributed by atoms with van der Waals surface area (Å²) in [4.78, 5) is 1.67. The van der Waals surface area contributed by atoms with Gasteiger partial charge in [0.25, 0.3) is 0 Å². The molecule has 0 aromatic carbocycles. The van der Waals surface area contributed by atoms with E-state index in [1.807, 2.05) is 20.0 Å². The maximum atomic E-state index is 9.99. The molecular formula is C27H55NO2. The van der Waals surface area contributed by atoms with Gasteiger partial charge in [0.2, 0.25) is 0 Å². The summed E-state index contributed by atoms with van der Waals surface area (Å²) in [5.74, 6) is 0. The van der Waals surface area contributed by atoms with Crippen molar-refractivity contribution >= 4 is 0 Å². The summed E-state index contributed by atoms with van der Waals surface area (Å²) < 4.78 is 0. The summed E-state index contributed by atoms with van der Waals surface area (Å²) in [5.41, 5.74) is 0. The highest BCUT2D eigenvalue weighted by atomic mass is 16.3. The Morgan fingerprint density at radius 3 is 1.20 bits per heavy atom. The predicted octanol–water partition coefficient (Wildman–Crippen LogP) is 8.30. The molecule has 3 nitrogen and oxygen atoms in total. The highest BCUT2D eigenvalue weighted by Gasteiger charge is 2.16. The van der Waals surface area contributed by atoms with E-state index in [2.05, 4.69) is 13.0 Å². The van der Waals surface area contributed by atoms with E-state index in [9.17, 15) is 10.2 Å². The minimum absolute atomic E-state index is 0.591. The molecule has 0 aromatic heterocycles. The van der Waals surface area contributed by atoms with Crippen molar-refractivity contribution in [3.05, 3.63) is 12.3 Å². The van der Waals surface area contributed by atoms with Gasteiger partial charge >= 0.3 is 0 Å². The van der Waals surface area contributed by atoms with Crippen molar-refractivity contribution in [3.63, 3.8) is 0 Å². The summed E-state index contributed by atoms with van der Waals surface area (Å²) in [6, 6.07) is 0. The number of rotatable bonds is 23. The summed E-state index contributed by atoms with van der Waals surface area (Å²) in [6.45, 7) is 6.16. The lowest BCUT2D eigenvalue weighted by Crippen LogP contribution is -2.38. The number of hydrogen-bond acceptors (Lipinski definition) is 3. The van der Waals surface area contributed by atoms with Crippen LogP contribution in [0.15, 0.2) is 12.3 Å². The molecule has 0 radical (unpaired) electrons. The first-order valence-corrected chi connectivity index (χ1v) is 13.5. The van der Waals surface area contributed by atoms with Crippen LogP contribution < -0.4 is 0 Å². The Hall–Kier alpha value is -0.540. The lowest BCUT2D eigenvalue weighted by Gasteiger charge is -2.30. The highest BCUT2D eigenvalue weighted by Crippen LogP contribution is 2.15. The topological polar surface area (TPSA) is 43.7 Å². The average Bonchev–Trinajstić information content (AvgIpc) is 2.76. The van der Waals surface area contributed by atoms with Gasteiger partial charge in [-0.05, 0) is 25.7 Å². The second kappa shape index (κ2) is 23.1. The third-order valence-electron chi connectivity index (χ3n) is 6.17. The first-order chi connectivity index (χ1) is 14.7. The molecular weight excluding hydrogens is 370 g/mol. The molecule has 180 valence electrons.